The third-order valence-corrected chi connectivity index (χ3v) is 6.03. The van der Waals surface area contributed by atoms with E-state index in [1.807, 2.05) is 19.3 Å². The molecule has 3 unspecified atom stereocenters. The molecule has 0 amide bonds. The van der Waals surface area contributed by atoms with Crippen LogP contribution in [0, 0.1) is 11.8 Å². The molecule has 1 fully saturated rings. The second-order valence-electron chi connectivity index (χ2n) is 8.82. The molecule has 0 spiro atoms. The van der Waals surface area contributed by atoms with Crippen LogP contribution in [0.3, 0.4) is 0 Å². The number of hydrogen-bond donors (Lipinski definition) is 3. The van der Waals surface area contributed by atoms with Crippen LogP contribution in [0.15, 0.2) is 41.5 Å². The number of nitrogens with one attached hydrogen (secondary N) is 2. The molecule has 4 rings (SSSR count). The molecule has 2 aromatic heterocycles. The summed E-state index contributed by atoms with van der Waals surface area (Å²) in [6, 6.07) is 6.68. The lowest BCUT2D eigenvalue weighted by Gasteiger charge is -2.36. The molecule has 3 aromatic rings. The Morgan fingerprint density at radius 3 is 2.45 bits per heavy atom. The fraction of sp³-hybridized carbons (Fsp3) is 0.435. The van der Waals surface area contributed by atoms with E-state index in [1.165, 1.54) is 6.42 Å². The van der Waals surface area contributed by atoms with E-state index < -0.39 is 0 Å². The van der Waals surface area contributed by atoms with Crippen LogP contribution in [0.2, 0.25) is 0 Å². The Morgan fingerprint density at radius 1 is 1.13 bits per heavy atom. The summed E-state index contributed by atoms with van der Waals surface area (Å²) in [6.07, 6.45) is 5.04. The van der Waals surface area contributed by atoms with Crippen molar-refractivity contribution in [3.05, 3.63) is 52.8 Å². The van der Waals surface area contributed by atoms with Crippen LogP contribution in [0.5, 0.6) is 0 Å². The van der Waals surface area contributed by atoms with E-state index >= 15 is 0 Å². The SMILES string of the molecule is CC1CC(C)CN(c2cnc(C(C)Nc3cc(=O)n(C)c4ccc(NO)cc34)nc2)C1. The molecule has 1 aliphatic rings. The highest BCUT2D eigenvalue weighted by Gasteiger charge is 2.22. The van der Waals surface area contributed by atoms with Gasteiger partial charge in [0.25, 0.3) is 5.56 Å². The lowest BCUT2D eigenvalue weighted by atomic mass is 9.92. The molecule has 3 heterocycles. The van der Waals surface area contributed by atoms with Crippen molar-refractivity contribution >= 4 is 28.0 Å². The summed E-state index contributed by atoms with van der Waals surface area (Å²) in [5, 5.41) is 13.5. The van der Waals surface area contributed by atoms with E-state index in [0.717, 1.165) is 29.7 Å². The first-order valence-corrected chi connectivity index (χ1v) is 10.7. The van der Waals surface area contributed by atoms with Gasteiger partial charge >= 0.3 is 0 Å². The van der Waals surface area contributed by atoms with Crippen molar-refractivity contribution in [3.8, 4) is 0 Å². The van der Waals surface area contributed by atoms with E-state index in [0.29, 0.717) is 29.0 Å². The van der Waals surface area contributed by atoms with Crippen molar-refractivity contribution in [2.24, 2.45) is 18.9 Å². The van der Waals surface area contributed by atoms with Crippen LogP contribution in [0.4, 0.5) is 17.1 Å². The van der Waals surface area contributed by atoms with Gasteiger partial charge in [-0.2, -0.15) is 0 Å². The standard InChI is InChI=1S/C23H30N6O2/c1-14-7-15(2)13-29(12-14)18-10-24-23(25-11-18)16(3)26-20-9-22(30)28(4)21-6-5-17(27-31)8-19(20)21/h5-6,8-11,14-16,26-27,31H,7,12-13H2,1-4H3. The van der Waals surface area contributed by atoms with Crippen LogP contribution in [-0.2, 0) is 7.05 Å². The molecule has 1 aliphatic heterocycles. The predicted molar refractivity (Wildman–Crippen MR) is 124 cm³/mol. The van der Waals surface area contributed by atoms with Gasteiger partial charge in [-0.3, -0.25) is 15.5 Å². The zero-order valence-corrected chi connectivity index (χ0v) is 18.5. The number of piperidine rings is 1. The maximum absolute atomic E-state index is 12.4. The number of anilines is 3. The average molecular weight is 423 g/mol. The van der Waals surface area contributed by atoms with Gasteiger partial charge in [-0.25, -0.2) is 9.97 Å². The monoisotopic (exact) mass is 422 g/mol. The Bertz CT molecular complexity index is 1120. The van der Waals surface area contributed by atoms with Crippen LogP contribution in [0.1, 0.15) is 39.1 Å². The van der Waals surface area contributed by atoms with Gasteiger partial charge < -0.3 is 14.8 Å². The number of pyridine rings is 1. The van der Waals surface area contributed by atoms with E-state index in [4.69, 9.17) is 0 Å². The highest BCUT2D eigenvalue weighted by molar-refractivity contribution is 5.93. The van der Waals surface area contributed by atoms with Crippen molar-refractivity contribution < 1.29 is 5.21 Å². The minimum Gasteiger partial charge on any atom is -0.375 e. The number of fused-ring (bicyclic) bond motifs is 1. The molecular formula is C23H30N6O2. The number of aryl methyl sites for hydroxylation is 1. The molecule has 8 heteroatoms. The van der Waals surface area contributed by atoms with Crippen LogP contribution in [0.25, 0.3) is 10.9 Å². The minimum atomic E-state index is -0.200. The van der Waals surface area contributed by atoms with Crippen molar-refractivity contribution in [2.45, 2.75) is 33.2 Å². The number of aromatic nitrogens is 3. The molecular weight excluding hydrogens is 392 g/mol. The highest BCUT2D eigenvalue weighted by Crippen LogP contribution is 2.28. The second-order valence-corrected chi connectivity index (χ2v) is 8.82. The summed E-state index contributed by atoms with van der Waals surface area (Å²) in [6.45, 7) is 8.60. The first kappa shape index (κ1) is 21.1. The summed E-state index contributed by atoms with van der Waals surface area (Å²) in [5.41, 5.74) is 5.09. The molecule has 31 heavy (non-hydrogen) atoms. The number of hydrogen-bond acceptors (Lipinski definition) is 7. The third kappa shape index (κ3) is 4.34. The lowest BCUT2D eigenvalue weighted by molar-refractivity contribution is 0.356. The Morgan fingerprint density at radius 2 is 1.81 bits per heavy atom. The van der Waals surface area contributed by atoms with Gasteiger partial charge in [0.1, 0.15) is 5.82 Å². The van der Waals surface area contributed by atoms with Crippen molar-refractivity contribution in [3.63, 3.8) is 0 Å². The molecule has 0 aliphatic carbocycles. The van der Waals surface area contributed by atoms with Crippen LogP contribution in [-0.4, -0.2) is 32.8 Å². The van der Waals surface area contributed by atoms with Crippen LogP contribution >= 0.6 is 0 Å². The quantitative estimate of drug-likeness (QED) is 0.539. The van der Waals surface area contributed by atoms with E-state index in [2.05, 4.69) is 39.5 Å². The zero-order chi connectivity index (χ0) is 22.1. The molecule has 1 aromatic carbocycles. The maximum atomic E-state index is 12.4. The number of rotatable bonds is 5. The molecule has 0 saturated carbocycles. The fourth-order valence-electron chi connectivity index (χ4n) is 4.54. The van der Waals surface area contributed by atoms with Gasteiger partial charge in [0, 0.05) is 37.3 Å². The zero-order valence-electron chi connectivity index (χ0n) is 18.5. The molecule has 3 atom stereocenters. The summed E-state index contributed by atoms with van der Waals surface area (Å²) in [7, 11) is 1.73. The Kier molecular flexibility index (Phi) is 5.82. The fourth-order valence-corrected chi connectivity index (χ4v) is 4.54. The van der Waals surface area contributed by atoms with E-state index in [9.17, 15) is 10.0 Å². The van der Waals surface area contributed by atoms with Gasteiger partial charge in [0.15, 0.2) is 0 Å². The second kappa shape index (κ2) is 8.55. The average Bonchev–Trinajstić information content (AvgIpc) is 2.76. The van der Waals surface area contributed by atoms with Gasteiger partial charge in [-0.05, 0) is 43.4 Å². The van der Waals surface area contributed by atoms with Gasteiger partial charge in [0.05, 0.1) is 35.3 Å². The smallest absolute Gasteiger partial charge is 0.252 e. The maximum Gasteiger partial charge on any atom is 0.252 e. The first-order valence-electron chi connectivity index (χ1n) is 10.7. The largest absolute Gasteiger partial charge is 0.375 e. The van der Waals surface area contributed by atoms with Gasteiger partial charge in [-0.15, -0.1) is 0 Å². The molecule has 0 bridgehead atoms. The Labute approximate surface area is 181 Å². The number of benzene rings is 1. The molecule has 164 valence electrons. The van der Waals surface area contributed by atoms with Crippen LogP contribution < -0.4 is 21.3 Å². The Balaban J connectivity index is 1.58. The van der Waals surface area contributed by atoms with Crippen molar-refractivity contribution in [2.75, 3.05) is 28.8 Å². The topological polar surface area (TPSA) is 95.3 Å². The predicted octanol–water partition coefficient (Wildman–Crippen LogP) is 3.79. The van der Waals surface area contributed by atoms with Crippen molar-refractivity contribution in [1.29, 1.82) is 0 Å². The third-order valence-electron chi connectivity index (χ3n) is 6.03. The lowest BCUT2D eigenvalue weighted by Crippen LogP contribution is -2.38. The minimum absolute atomic E-state index is 0.114. The summed E-state index contributed by atoms with van der Waals surface area (Å²) in [4.78, 5) is 24.0. The summed E-state index contributed by atoms with van der Waals surface area (Å²) < 4.78 is 1.58. The number of nitrogens with zero attached hydrogens (tertiary/aromatic N) is 4. The van der Waals surface area contributed by atoms with Crippen molar-refractivity contribution in [1.82, 2.24) is 14.5 Å². The van der Waals surface area contributed by atoms with E-state index in [-0.39, 0.29) is 11.6 Å². The van der Waals surface area contributed by atoms with Gasteiger partial charge in [0.2, 0.25) is 0 Å². The highest BCUT2D eigenvalue weighted by atomic mass is 16.5. The summed E-state index contributed by atoms with van der Waals surface area (Å²) in [5.74, 6) is 1.99. The molecule has 0 radical (unpaired) electrons. The summed E-state index contributed by atoms with van der Waals surface area (Å²) >= 11 is 0. The van der Waals surface area contributed by atoms with Gasteiger partial charge in [-0.1, -0.05) is 13.8 Å². The molecule has 8 nitrogen and oxygen atoms in total. The molecule has 1 saturated heterocycles. The first-order chi connectivity index (χ1) is 14.9. The van der Waals surface area contributed by atoms with E-state index in [1.54, 1.807) is 35.9 Å². The Hall–Kier alpha value is -3.13. The molecule has 3 N–H and O–H groups in total. The normalized spacial score (nSPS) is 20.0.